The highest BCUT2D eigenvalue weighted by Crippen LogP contribution is 2.42. The maximum atomic E-state index is 10.7. The first-order valence-electron chi connectivity index (χ1n) is 2.78. The van der Waals surface area contributed by atoms with E-state index in [1.807, 2.05) is 6.92 Å². The summed E-state index contributed by atoms with van der Waals surface area (Å²) in [6.45, 7) is 5.11. The quantitative estimate of drug-likeness (QED) is 0.643. The molecule has 0 aliphatic carbocycles. The molecule has 0 fully saturated rings. The molecule has 66 valence electrons. The van der Waals surface area contributed by atoms with Crippen LogP contribution >= 0.6 is 7.37 Å². The summed E-state index contributed by atoms with van der Waals surface area (Å²) in [7, 11) is -2.76. The molecule has 0 aliphatic rings. The van der Waals surface area contributed by atoms with Crippen molar-refractivity contribution in [1.29, 1.82) is 0 Å². The Labute approximate surface area is 65.1 Å². The van der Waals surface area contributed by atoms with Gasteiger partial charge in [0.15, 0.2) is 7.37 Å². The molecule has 2 nitrogen and oxygen atoms in total. The molecule has 0 rings (SSSR count). The first-order chi connectivity index (χ1) is 3.48. The summed E-state index contributed by atoms with van der Waals surface area (Å²) in [5, 5.41) is 0. The predicted octanol–water partition coefficient (Wildman–Crippen LogP) is 2.96. The van der Waals surface area contributed by atoms with Crippen LogP contribution in [0, 0.1) is 0 Å². The van der Waals surface area contributed by atoms with Gasteiger partial charge in [0.25, 0.3) is 0 Å². The minimum Gasteiger partial charge on any atom is -0.344 e. The summed E-state index contributed by atoms with van der Waals surface area (Å²) in [4.78, 5) is 8.84. The Balaban J connectivity index is -0.000000245. The van der Waals surface area contributed by atoms with Gasteiger partial charge in [-0.25, -0.2) is 0 Å². The van der Waals surface area contributed by atoms with Crippen LogP contribution in [0.3, 0.4) is 0 Å². The van der Waals surface area contributed by atoms with Crippen LogP contribution in [0.4, 0.5) is 0 Å². The Kier molecular flexibility index (Phi) is 9.88. The fraction of sp³-hybridized carbons (Fsp3) is 1.00. The maximum Gasteiger partial charge on any atom is 0.200 e. The standard InChI is InChI=1S/C5H13O2P.2CH4/c1-4-5(2)8(3,6)7;;/h5H,4H2,1-3H3,(H,6,7);2*1H4. The SMILES string of the molecule is C.C.CCC(C)P(C)(=O)O. The van der Waals surface area contributed by atoms with Crippen LogP contribution in [-0.2, 0) is 4.57 Å². The van der Waals surface area contributed by atoms with Crippen LogP contribution in [0.25, 0.3) is 0 Å². The van der Waals surface area contributed by atoms with Crippen molar-refractivity contribution >= 4 is 7.37 Å². The van der Waals surface area contributed by atoms with E-state index in [0.717, 1.165) is 6.42 Å². The van der Waals surface area contributed by atoms with E-state index < -0.39 is 7.37 Å². The lowest BCUT2D eigenvalue weighted by Crippen LogP contribution is -1.98. The van der Waals surface area contributed by atoms with E-state index >= 15 is 0 Å². The minimum atomic E-state index is -2.76. The lowest BCUT2D eigenvalue weighted by molar-refractivity contribution is 0.471. The van der Waals surface area contributed by atoms with Crippen molar-refractivity contribution in [2.45, 2.75) is 40.8 Å². The van der Waals surface area contributed by atoms with E-state index in [9.17, 15) is 4.57 Å². The van der Waals surface area contributed by atoms with Gasteiger partial charge < -0.3 is 4.89 Å². The maximum absolute atomic E-state index is 10.7. The van der Waals surface area contributed by atoms with E-state index in [1.165, 1.54) is 6.66 Å². The van der Waals surface area contributed by atoms with Crippen molar-refractivity contribution in [3.05, 3.63) is 0 Å². The van der Waals surface area contributed by atoms with Gasteiger partial charge in [0.05, 0.1) is 0 Å². The van der Waals surface area contributed by atoms with E-state index in [1.54, 1.807) is 6.92 Å². The molecule has 0 aromatic carbocycles. The molecule has 0 heterocycles. The second-order valence-electron chi connectivity index (χ2n) is 2.20. The van der Waals surface area contributed by atoms with Gasteiger partial charge in [-0.05, 0) is 6.42 Å². The Morgan fingerprint density at radius 1 is 1.50 bits per heavy atom. The molecule has 0 radical (unpaired) electrons. The summed E-state index contributed by atoms with van der Waals surface area (Å²) in [5.41, 5.74) is -0.0394. The summed E-state index contributed by atoms with van der Waals surface area (Å²) < 4.78 is 10.7. The monoisotopic (exact) mass is 168 g/mol. The zero-order valence-electron chi connectivity index (χ0n) is 5.59. The van der Waals surface area contributed by atoms with Crippen LogP contribution in [-0.4, -0.2) is 17.2 Å². The van der Waals surface area contributed by atoms with Gasteiger partial charge in [-0.1, -0.05) is 28.7 Å². The van der Waals surface area contributed by atoms with Gasteiger partial charge in [-0.2, -0.15) is 0 Å². The van der Waals surface area contributed by atoms with E-state index in [2.05, 4.69) is 0 Å². The molecule has 1 N–H and O–H groups in total. The zero-order chi connectivity index (χ0) is 6.78. The summed E-state index contributed by atoms with van der Waals surface area (Å²) in [6, 6.07) is 0. The Morgan fingerprint density at radius 2 is 1.80 bits per heavy atom. The van der Waals surface area contributed by atoms with Crippen LogP contribution in [0.15, 0.2) is 0 Å². The summed E-state index contributed by atoms with van der Waals surface area (Å²) in [5.74, 6) is 0. The van der Waals surface area contributed by atoms with Crippen molar-refractivity contribution in [3.63, 3.8) is 0 Å². The van der Waals surface area contributed by atoms with Crippen molar-refractivity contribution in [2.75, 3.05) is 6.66 Å². The van der Waals surface area contributed by atoms with Crippen molar-refractivity contribution in [3.8, 4) is 0 Å². The number of rotatable bonds is 2. The zero-order valence-corrected chi connectivity index (χ0v) is 6.48. The third-order valence-electron chi connectivity index (χ3n) is 1.41. The van der Waals surface area contributed by atoms with Crippen LogP contribution in [0.2, 0.25) is 0 Å². The third-order valence-corrected chi connectivity index (χ3v) is 3.41. The van der Waals surface area contributed by atoms with Gasteiger partial charge in [0.1, 0.15) is 0 Å². The molecule has 2 unspecified atom stereocenters. The summed E-state index contributed by atoms with van der Waals surface area (Å²) >= 11 is 0. The third kappa shape index (κ3) is 6.31. The van der Waals surface area contributed by atoms with Crippen LogP contribution in [0.5, 0.6) is 0 Å². The topological polar surface area (TPSA) is 37.3 Å². The smallest absolute Gasteiger partial charge is 0.200 e. The predicted molar refractivity (Wildman–Crippen MR) is 49.0 cm³/mol. The molecule has 0 aliphatic heterocycles. The fourth-order valence-electron chi connectivity index (χ4n) is 0.339. The van der Waals surface area contributed by atoms with Crippen molar-refractivity contribution in [1.82, 2.24) is 0 Å². The van der Waals surface area contributed by atoms with Gasteiger partial charge in [-0.15, -0.1) is 0 Å². The van der Waals surface area contributed by atoms with E-state index in [4.69, 9.17) is 4.89 Å². The number of hydrogen-bond acceptors (Lipinski definition) is 1. The molecule has 3 heteroatoms. The summed E-state index contributed by atoms with van der Waals surface area (Å²) in [6.07, 6.45) is 0.782. The highest BCUT2D eigenvalue weighted by atomic mass is 31.2. The normalized spacial score (nSPS) is 17.6. The molecule has 0 aromatic rings. The van der Waals surface area contributed by atoms with Gasteiger partial charge >= 0.3 is 0 Å². The molecular formula is C7H21O2P. The van der Waals surface area contributed by atoms with Gasteiger partial charge in [0.2, 0.25) is 0 Å². The molecule has 0 spiro atoms. The van der Waals surface area contributed by atoms with E-state index in [0.29, 0.717) is 0 Å². The Bertz CT molecular complexity index is 106. The first kappa shape index (κ1) is 16.6. The second kappa shape index (κ2) is 5.94. The molecule has 0 bridgehead atoms. The highest BCUT2D eigenvalue weighted by molar-refractivity contribution is 7.57. The Morgan fingerprint density at radius 3 is 1.80 bits per heavy atom. The minimum absolute atomic E-state index is 0. The van der Waals surface area contributed by atoms with Crippen molar-refractivity contribution < 1.29 is 9.46 Å². The molecule has 0 amide bonds. The fourth-order valence-corrected chi connectivity index (χ4v) is 1.02. The van der Waals surface area contributed by atoms with Gasteiger partial charge in [-0.3, -0.25) is 4.57 Å². The average molecular weight is 168 g/mol. The van der Waals surface area contributed by atoms with Crippen LogP contribution < -0.4 is 0 Å². The molecular weight excluding hydrogens is 147 g/mol. The van der Waals surface area contributed by atoms with Crippen LogP contribution in [0.1, 0.15) is 35.1 Å². The van der Waals surface area contributed by atoms with Gasteiger partial charge in [0, 0.05) is 12.3 Å². The second-order valence-corrected chi connectivity index (χ2v) is 4.97. The largest absolute Gasteiger partial charge is 0.344 e. The first-order valence-corrected chi connectivity index (χ1v) is 4.96. The number of hydrogen-bond donors (Lipinski definition) is 1. The molecule has 2 atom stereocenters. The van der Waals surface area contributed by atoms with E-state index in [-0.39, 0.29) is 20.5 Å². The molecule has 0 aromatic heterocycles. The average Bonchev–Trinajstić information content (AvgIpc) is 1.62. The lowest BCUT2D eigenvalue weighted by Gasteiger charge is -2.10. The van der Waals surface area contributed by atoms with Crippen molar-refractivity contribution in [2.24, 2.45) is 0 Å². The molecule has 0 saturated carbocycles. The Hall–Kier alpha value is 0.190. The molecule has 0 saturated heterocycles. The molecule has 10 heavy (non-hydrogen) atoms. The lowest BCUT2D eigenvalue weighted by atomic mass is 10.4. The highest BCUT2D eigenvalue weighted by Gasteiger charge is 2.17.